The Morgan fingerprint density at radius 1 is 1.33 bits per heavy atom. The zero-order valence-electron chi connectivity index (χ0n) is 10.6. The summed E-state index contributed by atoms with van der Waals surface area (Å²) in [5, 5.41) is 3.94. The van der Waals surface area contributed by atoms with Crippen molar-refractivity contribution in [3.8, 4) is 0 Å². The Balaban J connectivity index is 1.90. The molecule has 18 heavy (non-hydrogen) atoms. The third kappa shape index (κ3) is 3.85. The van der Waals surface area contributed by atoms with Crippen LogP contribution in [0.1, 0.15) is 24.2 Å². The molecule has 96 valence electrons. The molecule has 0 radical (unpaired) electrons. The molecule has 1 aromatic heterocycles. The average Bonchev–Trinajstić information content (AvgIpc) is 2.75. The first-order chi connectivity index (χ1) is 8.63. The van der Waals surface area contributed by atoms with Crippen LogP contribution in [0.15, 0.2) is 33.7 Å². The fourth-order valence-electron chi connectivity index (χ4n) is 1.49. The van der Waals surface area contributed by atoms with Crippen LogP contribution in [0.4, 0.5) is 0 Å². The minimum Gasteiger partial charge on any atom is -0.339 e. The number of nitrogens with zero attached hydrogens (tertiary/aromatic N) is 2. The lowest BCUT2D eigenvalue weighted by Crippen LogP contribution is -2.17. The van der Waals surface area contributed by atoms with E-state index in [9.17, 15) is 0 Å². The van der Waals surface area contributed by atoms with E-state index < -0.39 is 0 Å². The second kappa shape index (κ2) is 6.02. The van der Waals surface area contributed by atoms with Gasteiger partial charge >= 0.3 is 0 Å². The zero-order valence-corrected chi connectivity index (χ0v) is 11.4. The van der Waals surface area contributed by atoms with E-state index in [0.29, 0.717) is 18.1 Å². The summed E-state index contributed by atoms with van der Waals surface area (Å²) in [6.45, 7) is 4.00. The summed E-state index contributed by atoms with van der Waals surface area (Å²) in [6, 6.07) is 8.44. The average molecular weight is 263 g/mol. The molecule has 2 rings (SSSR count). The summed E-state index contributed by atoms with van der Waals surface area (Å²) in [7, 11) is 0. The molecular weight excluding hydrogens is 246 g/mol. The van der Waals surface area contributed by atoms with E-state index >= 15 is 0 Å². The van der Waals surface area contributed by atoms with Crippen molar-refractivity contribution in [3.63, 3.8) is 0 Å². The summed E-state index contributed by atoms with van der Waals surface area (Å²) in [4.78, 5) is 5.51. The Hall–Kier alpha value is -1.33. The number of thioether (sulfide) groups is 1. The number of benzene rings is 1. The minimum absolute atomic E-state index is 0.0445. The van der Waals surface area contributed by atoms with Gasteiger partial charge in [0.1, 0.15) is 0 Å². The molecule has 4 nitrogen and oxygen atoms in total. The van der Waals surface area contributed by atoms with Crippen molar-refractivity contribution in [1.82, 2.24) is 10.1 Å². The molecule has 0 fully saturated rings. The van der Waals surface area contributed by atoms with Crippen molar-refractivity contribution in [2.75, 3.05) is 0 Å². The molecule has 0 aliphatic carbocycles. The van der Waals surface area contributed by atoms with Gasteiger partial charge < -0.3 is 10.3 Å². The summed E-state index contributed by atoms with van der Waals surface area (Å²) < 4.78 is 5.13. The smallest absolute Gasteiger partial charge is 0.228 e. The molecule has 0 amide bonds. The van der Waals surface area contributed by atoms with Gasteiger partial charge in [-0.1, -0.05) is 22.9 Å². The Morgan fingerprint density at radius 3 is 2.72 bits per heavy atom. The summed E-state index contributed by atoms with van der Waals surface area (Å²) in [6.07, 6.45) is 0.627. The first-order valence-corrected chi connectivity index (χ1v) is 6.88. The molecule has 1 aromatic carbocycles. The molecule has 0 bridgehead atoms. The second-order valence-corrected chi connectivity index (χ2v) is 5.44. The van der Waals surface area contributed by atoms with E-state index in [4.69, 9.17) is 10.3 Å². The Kier molecular flexibility index (Phi) is 4.38. The molecule has 0 aliphatic rings. The monoisotopic (exact) mass is 263 g/mol. The maximum Gasteiger partial charge on any atom is 0.228 e. The molecule has 2 aromatic rings. The predicted molar refractivity (Wildman–Crippen MR) is 72.4 cm³/mol. The highest BCUT2D eigenvalue weighted by atomic mass is 32.2. The maximum absolute atomic E-state index is 5.68. The molecule has 0 spiro atoms. The standard InChI is InChI=1S/C13H17N3OS/c1-9-3-5-11(6-4-9)18-8-12-15-13(17-16-12)7-10(2)14/h3-6,10H,7-8,14H2,1-2H3. The first-order valence-electron chi connectivity index (χ1n) is 5.90. The van der Waals surface area contributed by atoms with Crippen LogP contribution in [-0.4, -0.2) is 16.2 Å². The quantitative estimate of drug-likeness (QED) is 0.840. The normalized spacial score (nSPS) is 12.6. The number of aryl methyl sites for hydroxylation is 1. The summed E-state index contributed by atoms with van der Waals surface area (Å²) in [5.74, 6) is 2.05. The van der Waals surface area contributed by atoms with Crippen molar-refractivity contribution in [2.24, 2.45) is 5.73 Å². The van der Waals surface area contributed by atoms with E-state index in [0.717, 1.165) is 5.82 Å². The number of aromatic nitrogens is 2. The number of hydrogen-bond donors (Lipinski definition) is 1. The third-order valence-electron chi connectivity index (χ3n) is 2.40. The van der Waals surface area contributed by atoms with Gasteiger partial charge in [0.25, 0.3) is 0 Å². The minimum atomic E-state index is 0.0445. The molecule has 0 saturated heterocycles. The molecule has 1 unspecified atom stereocenters. The molecular formula is C13H17N3OS. The summed E-state index contributed by atoms with van der Waals surface area (Å²) >= 11 is 1.70. The largest absolute Gasteiger partial charge is 0.339 e. The second-order valence-electron chi connectivity index (χ2n) is 4.39. The Morgan fingerprint density at radius 2 is 2.06 bits per heavy atom. The Labute approximate surface area is 111 Å². The molecule has 5 heteroatoms. The van der Waals surface area contributed by atoms with Gasteiger partial charge in [0.2, 0.25) is 5.89 Å². The highest BCUT2D eigenvalue weighted by Gasteiger charge is 2.08. The first kappa shape index (κ1) is 13.1. The fourth-order valence-corrected chi connectivity index (χ4v) is 2.23. The highest BCUT2D eigenvalue weighted by Crippen LogP contribution is 2.21. The van der Waals surface area contributed by atoms with Crippen molar-refractivity contribution < 1.29 is 4.52 Å². The van der Waals surface area contributed by atoms with E-state index in [1.165, 1.54) is 10.5 Å². The van der Waals surface area contributed by atoms with Gasteiger partial charge in [-0.25, -0.2) is 0 Å². The van der Waals surface area contributed by atoms with Crippen molar-refractivity contribution in [3.05, 3.63) is 41.5 Å². The van der Waals surface area contributed by atoms with Gasteiger partial charge in [-0.05, 0) is 26.0 Å². The lowest BCUT2D eigenvalue weighted by atomic mass is 10.2. The lowest BCUT2D eigenvalue weighted by Gasteiger charge is -1.99. The highest BCUT2D eigenvalue weighted by molar-refractivity contribution is 7.98. The van der Waals surface area contributed by atoms with Crippen molar-refractivity contribution >= 4 is 11.8 Å². The topological polar surface area (TPSA) is 64.9 Å². The van der Waals surface area contributed by atoms with Crippen LogP contribution in [0.5, 0.6) is 0 Å². The molecule has 0 aliphatic heterocycles. The van der Waals surface area contributed by atoms with Crippen LogP contribution < -0.4 is 5.73 Å². The third-order valence-corrected chi connectivity index (χ3v) is 3.40. The van der Waals surface area contributed by atoms with Crippen molar-refractivity contribution in [2.45, 2.75) is 37.0 Å². The van der Waals surface area contributed by atoms with E-state index in [2.05, 4.69) is 41.3 Å². The van der Waals surface area contributed by atoms with Crippen molar-refractivity contribution in [1.29, 1.82) is 0 Å². The fraction of sp³-hybridized carbons (Fsp3) is 0.385. The number of rotatable bonds is 5. The molecule has 1 heterocycles. The van der Waals surface area contributed by atoms with Crippen LogP contribution in [0.25, 0.3) is 0 Å². The number of nitrogens with two attached hydrogens (primary N) is 1. The van der Waals surface area contributed by atoms with Crippen LogP contribution in [0.2, 0.25) is 0 Å². The van der Waals surface area contributed by atoms with Gasteiger partial charge in [0, 0.05) is 17.4 Å². The van der Waals surface area contributed by atoms with Gasteiger partial charge in [-0.2, -0.15) is 4.98 Å². The van der Waals surface area contributed by atoms with Gasteiger partial charge in [0.05, 0.1) is 5.75 Å². The molecule has 1 atom stereocenters. The van der Waals surface area contributed by atoms with Gasteiger partial charge in [0.15, 0.2) is 5.82 Å². The Bertz CT molecular complexity index is 493. The SMILES string of the molecule is Cc1ccc(SCc2noc(CC(C)N)n2)cc1. The van der Waals surface area contributed by atoms with Crippen LogP contribution in [-0.2, 0) is 12.2 Å². The lowest BCUT2D eigenvalue weighted by molar-refractivity contribution is 0.368. The van der Waals surface area contributed by atoms with Gasteiger partial charge in [-0.3, -0.25) is 0 Å². The van der Waals surface area contributed by atoms with Crippen LogP contribution in [0.3, 0.4) is 0 Å². The van der Waals surface area contributed by atoms with Gasteiger partial charge in [-0.15, -0.1) is 11.8 Å². The van der Waals surface area contributed by atoms with Crippen LogP contribution in [0, 0.1) is 6.92 Å². The summed E-state index contributed by atoms with van der Waals surface area (Å²) in [5.41, 5.74) is 6.94. The molecule has 0 saturated carbocycles. The predicted octanol–water partition coefficient (Wildman–Crippen LogP) is 2.56. The zero-order chi connectivity index (χ0) is 13.0. The molecule has 2 N–H and O–H groups in total. The van der Waals surface area contributed by atoms with E-state index in [1.54, 1.807) is 11.8 Å². The number of hydrogen-bond acceptors (Lipinski definition) is 5. The van der Waals surface area contributed by atoms with E-state index in [1.807, 2.05) is 6.92 Å². The maximum atomic E-state index is 5.68. The van der Waals surface area contributed by atoms with Crippen LogP contribution >= 0.6 is 11.8 Å². The van der Waals surface area contributed by atoms with E-state index in [-0.39, 0.29) is 6.04 Å².